The zero-order chi connectivity index (χ0) is 14.4. The average molecular weight is 284 g/mol. The molecule has 1 N–H and O–H groups in total. The van der Waals surface area contributed by atoms with Gasteiger partial charge in [0.05, 0.1) is 17.6 Å². The predicted molar refractivity (Wildman–Crippen MR) is 68.4 cm³/mol. The molecular weight excluding hydrogens is 269 g/mol. The Kier molecular flexibility index (Phi) is 4.73. The van der Waals surface area contributed by atoms with Gasteiger partial charge < -0.3 is 5.32 Å². The predicted octanol–water partition coefficient (Wildman–Crippen LogP) is 2.70. The van der Waals surface area contributed by atoms with Gasteiger partial charge in [-0.1, -0.05) is 18.2 Å². The van der Waals surface area contributed by atoms with Crippen molar-refractivity contribution in [2.45, 2.75) is 25.6 Å². The summed E-state index contributed by atoms with van der Waals surface area (Å²) in [6.07, 6.45) is -3.19. The Morgan fingerprint density at radius 1 is 1.15 bits per heavy atom. The summed E-state index contributed by atoms with van der Waals surface area (Å²) < 4.78 is 35.8. The van der Waals surface area contributed by atoms with Crippen LogP contribution in [0.15, 0.2) is 36.5 Å². The van der Waals surface area contributed by atoms with E-state index in [1.807, 2.05) is 30.3 Å². The highest BCUT2D eigenvalue weighted by Gasteiger charge is 2.25. The maximum atomic E-state index is 11.9. The van der Waals surface area contributed by atoms with E-state index in [0.717, 1.165) is 5.69 Å². The van der Waals surface area contributed by atoms with Gasteiger partial charge in [-0.2, -0.15) is 28.2 Å². The Morgan fingerprint density at radius 2 is 1.90 bits per heavy atom. The third-order valence-electron chi connectivity index (χ3n) is 2.65. The van der Waals surface area contributed by atoms with Crippen LogP contribution in [0.2, 0.25) is 0 Å². The largest absolute Gasteiger partial charge is 0.389 e. The van der Waals surface area contributed by atoms with E-state index in [0.29, 0.717) is 18.8 Å². The number of nitrogens with zero attached hydrogens (tertiary/aromatic N) is 3. The minimum Gasteiger partial charge on any atom is -0.311 e. The van der Waals surface area contributed by atoms with E-state index in [1.54, 1.807) is 6.20 Å². The van der Waals surface area contributed by atoms with Gasteiger partial charge in [-0.15, -0.1) is 0 Å². The van der Waals surface area contributed by atoms with Crippen LogP contribution in [0.4, 0.5) is 13.2 Å². The summed E-state index contributed by atoms with van der Waals surface area (Å²) in [5.41, 5.74) is 1.54. The van der Waals surface area contributed by atoms with Gasteiger partial charge in [-0.3, -0.25) is 0 Å². The zero-order valence-electron chi connectivity index (χ0n) is 10.8. The van der Waals surface area contributed by atoms with Crippen molar-refractivity contribution in [2.75, 3.05) is 6.54 Å². The van der Waals surface area contributed by atoms with Crippen LogP contribution in [-0.4, -0.2) is 27.7 Å². The van der Waals surface area contributed by atoms with Gasteiger partial charge in [0.25, 0.3) is 0 Å². The Bertz CT molecular complexity index is 522. The van der Waals surface area contributed by atoms with E-state index in [4.69, 9.17) is 0 Å². The second-order valence-corrected chi connectivity index (χ2v) is 4.36. The quantitative estimate of drug-likeness (QED) is 0.829. The fourth-order valence-corrected chi connectivity index (χ4v) is 1.69. The van der Waals surface area contributed by atoms with Crippen molar-refractivity contribution in [3.8, 4) is 5.69 Å². The first kappa shape index (κ1) is 14.5. The van der Waals surface area contributed by atoms with Crippen molar-refractivity contribution in [1.29, 1.82) is 0 Å². The minimum atomic E-state index is -4.09. The number of alkyl halides is 3. The molecule has 0 aliphatic carbocycles. The molecule has 7 heteroatoms. The van der Waals surface area contributed by atoms with Crippen molar-refractivity contribution in [3.05, 3.63) is 42.2 Å². The van der Waals surface area contributed by atoms with E-state index in [-0.39, 0.29) is 6.42 Å². The number of hydrogen-bond acceptors (Lipinski definition) is 3. The smallest absolute Gasteiger partial charge is 0.311 e. The highest BCUT2D eigenvalue weighted by molar-refractivity contribution is 5.28. The summed E-state index contributed by atoms with van der Waals surface area (Å²) in [6.45, 7) is 0.711. The summed E-state index contributed by atoms with van der Waals surface area (Å²) >= 11 is 0. The molecule has 0 bridgehead atoms. The molecule has 1 heterocycles. The first-order chi connectivity index (χ1) is 9.54. The standard InChI is InChI=1S/C13H15F3N4/c14-13(15,16)7-4-8-17-9-11-10-18-20(19-11)12-5-2-1-3-6-12/h1-3,5-6,10,17H,4,7-9H2. The maximum Gasteiger partial charge on any atom is 0.389 e. The monoisotopic (exact) mass is 284 g/mol. The molecule has 0 aliphatic rings. The van der Waals surface area contributed by atoms with Gasteiger partial charge in [0.1, 0.15) is 0 Å². The number of para-hydroxylation sites is 1. The van der Waals surface area contributed by atoms with Crippen LogP contribution in [0.25, 0.3) is 5.69 Å². The molecule has 0 spiro atoms. The molecule has 0 radical (unpaired) electrons. The molecular formula is C13H15F3N4. The van der Waals surface area contributed by atoms with Crippen LogP contribution in [0, 0.1) is 0 Å². The fraction of sp³-hybridized carbons (Fsp3) is 0.385. The molecule has 0 fully saturated rings. The molecule has 108 valence electrons. The third kappa shape index (κ3) is 4.65. The van der Waals surface area contributed by atoms with Gasteiger partial charge >= 0.3 is 6.18 Å². The molecule has 20 heavy (non-hydrogen) atoms. The lowest BCUT2D eigenvalue weighted by Gasteiger charge is -2.06. The van der Waals surface area contributed by atoms with Crippen molar-refractivity contribution in [3.63, 3.8) is 0 Å². The molecule has 2 aromatic rings. The summed E-state index contributed by atoms with van der Waals surface area (Å²) in [4.78, 5) is 1.49. The summed E-state index contributed by atoms with van der Waals surface area (Å²) in [6, 6.07) is 9.42. The van der Waals surface area contributed by atoms with Gasteiger partial charge in [0.2, 0.25) is 0 Å². The highest BCUT2D eigenvalue weighted by atomic mass is 19.4. The van der Waals surface area contributed by atoms with Crippen molar-refractivity contribution < 1.29 is 13.2 Å². The van der Waals surface area contributed by atoms with Gasteiger partial charge in [-0.25, -0.2) is 0 Å². The number of benzene rings is 1. The molecule has 2 rings (SSSR count). The van der Waals surface area contributed by atoms with E-state index < -0.39 is 12.6 Å². The van der Waals surface area contributed by atoms with E-state index in [1.165, 1.54) is 4.80 Å². The van der Waals surface area contributed by atoms with Crippen LogP contribution < -0.4 is 5.32 Å². The number of nitrogens with one attached hydrogen (secondary N) is 1. The number of halogens is 3. The van der Waals surface area contributed by atoms with E-state index >= 15 is 0 Å². The van der Waals surface area contributed by atoms with Crippen LogP contribution >= 0.6 is 0 Å². The maximum absolute atomic E-state index is 11.9. The number of aromatic nitrogens is 3. The first-order valence-electron chi connectivity index (χ1n) is 6.29. The Hall–Kier alpha value is -1.89. The first-order valence-corrected chi connectivity index (χ1v) is 6.29. The second-order valence-electron chi connectivity index (χ2n) is 4.36. The zero-order valence-corrected chi connectivity index (χ0v) is 10.8. The molecule has 4 nitrogen and oxygen atoms in total. The molecule has 0 atom stereocenters. The normalized spacial score (nSPS) is 11.8. The lowest BCUT2D eigenvalue weighted by atomic mass is 10.3. The molecule has 0 amide bonds. The van der Waals surface area contributed by atoms with E-state index in [9.17, 15) is 13.2 Å². The summed E-state index contributed by atoms with van der Waals surface area (Å²) in [7, 11) is 0. The lowest BCUT2D eigenvalue weighted by molar-refractivity contribution is -0.135. The van der Waals surface area contributed by atoms with Crippen LogP contribution in [-0.2, 0) is 6.54 Å². The molecule has 1 aromatic heterocycles. The fourth-order valence-electron chi connectivity index (χ4n) is 1.69. The molecule has 0 saturated heterocycles. The Morgan fingerprint density at radius 3 is 2.60 bits per heavy atom. The number of rotatable bonds is 6. The molecule has 0 aliphatic heterocycles. The summed E-state index contributed by atoms with van der Waals surface area (Å²) in [5.74, 6) is 0. The molecule has 1 aromatic carbocycles. The van der Waals surface area contributed by atoms with Gasteiger partial charge in [0, 0.05) is 13.0 Å². The van der Waals surface area contributed by atoms with Crippen LogP contribution in [0.3, 0.4) is 0 Å². The van der Waals surface area contributed by atoms with Gasteiger partial charge in [-0.05, 0) is 25.1 Å². The van der Waals surface area contributed by atoms with E-state index in [2.05, 4.69) is 15.5 Å². The van der Waals surface area contributed by atoms with Gasteiger partial charge in [0.15, 0.2) is 0 Å². The Labute approximate surface area is 114 Å². The lowest BCUT2D eigenvalue weighted by Crippen LogP contribution is -2.18. The van der Waals surface area contributed by atoms with Crippen molar-refractivity contribution in [2.24, 2.45) is 0 Å². The average Bonchev–Trinajstić information content (AvgIpc) is 2.87. The topological polar surface area (TPSA) is 42.7 Å². The highest BCUT2D eigenvalue weighted by Crippen LogP contribution is 2.20. The van der Waals surface area contributed by atoms with Crippen molar-refractivity contribution in [1.82, 2.24) is 20.3 Å². The minimum absolute atomic E-state index is 0.0658. The SMILES string of the molecule is FC(F)(F)CCCNCc1cnn(-c2ccccc2)n1. The summed E-state index contributed by atoms with van der Waals surface area (Å²) in [5, 5.41) is 11.3. The van der Waals surface area contributed by atoms with Crippen LogP contribution in [0.1, 0.15) is 18.5 Å². The van der Waals surface area contributed by atoms with Crippen LogP contribution in [0.5, 0.6) is 0 Å². The third-order valence-corrected chi connectivity index (χ3v) is 2.65. The van der Waals surface area contributed by atoms with Crippen molar-refractivity contribution >= 4 is 0 Å². The molecule has 0 saturated carbocycles. The molecule has 0 unspecified atom stereocenters. The number of hydrogen-bond donors (Lipinski definition) is 1. The Balaban J connectivity index is 1.76. The second kappa shape index (κ2) is 6.51.